The fraction of sp³-hybridized carbons (Fsp3) is 0.211. The number of nitrogens with one attached hydrogen (secondary N) is 1. The summed E-state index contributed by atoms with van der Waals surface area (Å²) >= 11 is 0. The van der Waals surface area contributed by atoms with E-state index in [9.17, 15) is 4.79 Å². The molecule has 0 bridgehead atoms. The van der Waals surface area contributed by atoms with E-state index in [2.05, 4.69) is 18.1 Å². The number of hydrogen-bond acceptors (Lipinski definition) is 1. The zero-order valence-electron chi connectivity index (χ0n) is 12.3. The number of rotatable bonds is 8. The zero-order chi connectivity index (χ0) is 15.1. The number of Topliss-reactive ketones (excluding diaryl/α,β-unsaturated/α-hetero) is 1. The molecule has 0 saturated carbocycles. The van der Waals surface area contributed by atoms with Crippen LogP contribution in [0.25, 0.3) is 11.1 Å². The second-order valence-corrected chi connectivity index (χ2v) is 5.00. The standard InChI is InChI=1S/C19H21NO/c1-3-5-12-17-19(18(21)13-6-4-2)16(14-20-17)15-10-8-7-9-11-15/h3-4,7-11,14,20H,1-2,5-6,12-13H2. The normalized spacial score (nSPS) is 10.3. The van der Waals surface area contributed by atoms with E-state index in [4.69, 9.17) is 0 Å². The quantitative estimate of drug-likeness (QED) is 0.538. The molecular formula is C19H21NO. The summed E-state index contributed by atoms with van der Waals surface area (Å²) in [6.07, 6.45) is 8.48. The molecule has 1 aromatic carbocycles. The van der Waals surface area contributed by atoms with Crippen molar-refractivity contribution in [1.82, 2.24) is 4.98 Å². The Hall–Kier alpha value is -2.35. The van der Waals surface area contributed by atoms with Gasteiger partial charge in [0.05, 0.1) is 0 Å². The summed E-state index contributed by atoms with van der Waals surface area (Å²) < 4.78 is 0. The summed E-state index contributed by atoms with van der Waals surface area (Å²) in [5.74, 6) is 0.175. The number of ketones is 1. The Balaban J connectivity index is 2.40. The first kappa shape index (κ1) is 15.0. The highest BCUT2D eigenvalue weighted by molar-refractivity contribution is 6.03. The van der Waals surface area contributed by atoms with Crippen molar-refractivity contribution in [3.8, 4) is 11.1 Å². The van der Waals surface area contributed by atoms with Crippen LogP contribution >= 0.6 is 0 Å². The van der Waals surface area contributed by atoms with Crippen LogP contribution in [0.3, 0.4) is 0 Å². The van der Waals surface area contributed by atoms with E-state index in [1.165, 1.54) is 0 Å². The minimum atomic E-state index is 0.175. The molecular weight excluding hydrogens is 258 g/mol. The molecule has 0 radical (unpaired) electrons. The lowest BCUT2D eigenvalue weighted by molar-refractivity contribution is 0.0983. The number of aryl methyl sites for hydroxylation is 1. The van der Waals surface area contributed by atoms with Crippen LogP contribution in [0.4, 0.5) is 0 Å². The number of aromatic nitrogens is 1. The summed E-state index contributed by atoms with van der Waals surface area (Å²) in [6, 6.07) is 10.0. The van der Waals surface area contributed by atoms with Gasteiger partial charge in [-0.25, -0.2) is 0 Å². The second kappa shape index (κ2) is 7.44. The Morgan fingerprint density at radius 2 is 1.81 bits per heavy atom. The monoisotopic (exact) mass is 279 g/mol. The van der Waals surface area contributed by atoms with Crippen molar-refractivity contribution in [3.63, 3.8) is 0 Å². The van der Waals surface area contributed by atoms with E-state index in [1.54, 1.807) is 6.08 Å². The van der Waals surface area contributed by atoms with Gasteiger partial charge in [0.15, 0.2) is 5.78 Å². The van der Waals surface area contributed by atoms with Gasteiger partial charge in [-0.2, -0.15) is 0 Å². The Labute approximate surface area is 126 Å². The fourth-order valence-electron chi connectivity index (χ4n) is 2.43. The molecule has 0 aliphatic rings. The minimum absolute atomic E-state index is 0.175. The van der Waals surface area contributed by atoms with Crippen LogP contribution in [0.2, 0.25) is 0 Å². The number of benzene rings is 1. The van der Waals surface area contributed by atoms with Crippen LogP contribution < -0.4 is 0 Å². The van der Waals surface area contributed by atoms with Crippen LogP contribution in [0.5, 0.6) is 0 Å². The SMILES string of the molecule is C=CCCC(=O)c1c(-c2ccccc2)c[nH]c1CCC=C. The van der Waals surface area contributed by atoms with Gasteiger partial charge in [-0.15, -0.1) is 13.2 Å². The number of aromatic amines is 1. The average Bonchev–Trinajstić information content (AvgIpc) is 2.95. The molecule has 0 spiro atoms. The third kappa shape index (κ3) is 3.60. The summed E-state index contributed by atoms with van der Waals surface area (Å²) in [5, 5.41) is 0. The van der Waals surface area contributed by atoms with Crippen LogP contribution in [-0.4, -0.2) is 10.8 Å². The van der Waals surface area contributed by atoms with E-state index < -0.39 is 0 Å². The van der Waals surface area contributed by atoms with Gasteiger partial charge in [-0.1, -0.05) is 42.5 Å². The molecule has 0 aliphatic carbocycles. The maximum Gasteiger partial charge on any atom is 0.165 e. The maximum absolute atomic E-state index is 12.5. The van der Waals surface area contributed by atoms with Crippen molar-refractivity contribution in [2.75, 3.05) is 0 Å². The minimum Gasteiger partial charge on any atom is -0.364 e. The maximum atomic E-state index is 12.5. The molecule has 0 unspecified atom stereocenters. The van der Waals surface area contributed by atoms with Crippen molar-refractivity contribution < 1.29 is 4.79 Å². The highest BCUT2D eigenvalue weighted by Gasteiger charge is 2.18. The molecule has 0 fully saturated rings. The van der Waals surface area contributed by atoms with Crippen LogP contribution in [-0.2, 0) is 6.42 Å². The van der Waals surface area contributed by atoms with E-state index in [1.807, 2.05) is 42.6 Å². The second-order valence-electron chi connectivity index (χ2n) is 5.00. The lowest BCUT2D eigenvalue weighted by atomic mass is 9.96. The van der Waals surface area contributed by atoms with E-state index in [0.717, 1.165) is 35.2 Å². The summed E-state index contributed by atoms with van der Waals surface area (Å²) in [6.45, 7) is 7.45. The van der Waals surface area contributed by atoms with Crippen molar-refractivity contribution >= 4 is 5.78 Å². The highest BCUT2D eigenvalue weighted by Crippen LogP contribution is 2.28. The third-order valence-corrected chi connectivity index (χ3v) is 3.50. The Bertz CT molecular complexity index is 622. The van der Waals surface area contributed by atoms with Gasteiger partial charge in [0.1, 0.15) is 0 Å². The van der Waals surface area contributed by atoms with Crippen LogP contribution in [0.1, 0.15) is 35.3 Å². The average molecular weight is 279 g/mol. The van der Waals surface area contributed by atoms with Gasteiger partial charge in [0.2, 0.25) is 0 Å². The van der Waals surface area contributed by atoms with E-state index >= 15 is 0 Å². The number of H-pyrrole nitrogens is 1. The molecule has 2 nitrogen and oxygen atoms in total. The van der Waals surface area contributed by atoms with Crippen molar-refractivity contribution in [3.05, 3.63) is 73.1 Å². The molecule has 0 amide bonds. The lowest BCUT2D eigenvalue weighted by Crippen LogP contribution is -2.03. The molecule has 108 valence electrons. The lowest BCUT2D eigenvalue weighted by Gasteiger charge is -2.06. The first-order valence-corrected chi connectivity index (χ1v) is 7.28. The summed E-state index contributed by atoms with van der Waals surface area (Å²) in [4.78, 5) is 15.8. The molecule has 21 heavy (non-hydrogen) atoms. The highest BCUT2D eigenvalue weighted by atomic mass is 16.1. The Morgan fingerprint density at radius 1 is 1.10 bits per heavy atom. The van der Waals surface area contributed by atoms with Crippen molar-refractivity contribution in [2.45, 2.75) is 25.7 Å². The molecule has 0 saturated heterocycles. The van der Waals surface area contributed by atoms with Gasteiger partial charge in [0, 0.05) is 29.4 Å². The van der Waals surface area contributed by atoms with Gasteiger partial charge in [0.25, 0.3) is 0 Å². The van der Waals surface area contributed by atoms with Gasteiger partial charge in [-0.05, 0) is 24.8 Å². The largest absolute Gasteiger partial charge is 0.364 e. The summed E-state index contributed by atoms with van der Waals surface area (Å²) in [7, 11) is 0. The fourth-order valence-corrected chi connectivity index (χ4v) is 2.43. The van der Waals surface area contributed by atoms with Gasteiger partial charge in [-0.3, -0.25) is 4.79 Å². The molecule has 0 atom stereocenters. The van der Waals surface area contributed by atoms with Crippen molar-refractivity contribution in [1.29, 1.82) is 0 Å². The molecule has 2 rings (SSSR count). The summed E-state index contributed by atoms with van der Waals surface area (Å²) in [5.41, 5.74) is 3.89. The molecule has 2 aromatic rings. The van der Waals surface area contributed by atoms with E-state index in [-0.39, 0.29) is 5.78 Å². The van der Waals surface area contributed by atoms with Crippen LogP contribution in [0.15, 0.2) is 61.8 Å². The first-order chi connectivity index (χ1) is 10.3. The van der Waals surface area contributed by atoms with Gasteiger partial charge >= 0.3 is 0 Å². The Morgan fingerprint density at radius 3 is 2.48 bits per heavy atom. The molecule has 1 heterocycles. The van der Waals surface area contributed by atoms with Gasteiger partial charge < -0.3 is 4.98 Å². The Kier molecular flexibility index (Phi) is 5.33. The smallest absolute Gasteiger partial charge is 0.165 e. The first-order valence-electron chi connectivity index (χ1n) is 7.28. The number of carbonyl (C=O) groups excluding carboxylic acids is 1. The molecule has 1 N–H and O–H groups in total. The predicted octanol–water partition coefficient (Wildman–Crippen LogP) is 4.95. The van der Waals surface area contributed by atoms with Crippen LogP contribution in [0, 0.1) is 0 Å². The van der Waals surface area contributed by atoms with Crippen molar-refractivity contribution in [2.24, 2.45) is 0 Å². The third-order valence-electron chi connectivity index (χ3n) is 3.50. The molecule has 2 heteroatoms. The predicted molar refractivity (Wildman–Crippen MR) is 88.5 cm³/mol. The number of hydrogen-bond donors (Lipinski definition) is 1. The zero-order valence-corrected chi connectivity index (χ0v) is 12.3. The van der Waals surface area contributed by atoms with E-state index in [0.29, 0.717) is 12.8 Å². The number of allylic oxidation sites excluding steroid dienone is 2. The number of carbonyl (C=O) groups is 1. The molecule has 1 aromatic heterocycles. The molecule has 0 aliphatic heterocycles. The topological polar surface area (TPSA) is 32.9 Å².